The van der Waals surface area contributed by atoms with Crippen molar-refractivity contribution in [1.29, 1.82) is 0 Å². The number of nitrogens with one attached hydrogen (secondary N) is 1. The van der Waals surface area contributed by atoms with Gasteiger partial charge in [-0.25, -0.2) is 9.59 Å². The minimum Gasteiger partial charge on any atom is -0.466 e. The van der Waals surface area contributed by atoms with Gasteiger partial charge >= 0.3 is 24.3 Å². The number of nitrogens with zero attached hydrogens (tertiary/aromatic N) is 4. The third kappa shape index (κ3) is 10.2. The fraction of sp³-hybridized carbons (Fsp3) is 0.600. The molecule has 2 aromatic rings. The molecule has 3 fully saturated rings. The Morgan fingerprint density at radius 3 is 2.23 bits per heavy atom. The van der Waals surface area contributed by atoms with E-state index in [0.29, 0.717) is 70.3 Å². The minimum absolute atomic E-state index is 0.0687. The number of carbonyl (C=O) groups excluding carboxylic acids is 4. The Kier molecular flexibility index (Phi) is 13.6. The molecule has 2 aromatic carbocycles. The van der Waals surface area contributed by atoms with Gasteiger partial charge in [0.05, 0.1) is 29.3 Å². The average molecular weight is 805 g/mol. The monoisotopic (exact) mass is 804 g/mol. The molecule has 3 N–H and O–H groups in total. The zero-order chi connectivity index (χ0) is 40.0. The van der Waals surface area contributed by atoms with Crippen molar-refractivity contribution in [3.05, 3.63) is 58.1 Å². The van der Waals surface area contributed by atoms with Crippen LogP contribution in [0.1, 0.15) is 68.6 Å². The van der Waals surface area contributed by atoms with Crippen LogP contribution < -0.4 is 11.1 Å². The molecule has 6 rings (SSSR count). The highest BCUT2D eigenvalue weighted by atomic mass is 35.5. The summed E-state index contributed by atoms with van der Waals surface area (Å²) in [6.45, 7) is 6.58. The van der Waals surface area contributed by atoms with Gasteiger partial charge in [-0.1, -0.05) is 29.8 Å². The number of esters is 1. The largest absolute Gasteiger partial charge is 0.466 e. The number of hydrogen-bond acceptors (Lipinski definition) is 8. The normalized spacial score (nSPS) is 19.9. The number of halogens is 4. The van der Waals surface area contributed by atoms with Gasteiger partial charge in [0.25, 0.3) is 5.91 Å². The Balaban J connectivity index is 1.07. The SMILES string of the molecule is CCOC(=O)CCN1CCC(C2CCN(C(=O)[C@@H](Cc3cc(Cl)c(N)c(C(F)(F)F)c3)OC(=O)N3CCC(N4CCc5ccccc5NC4=O)CC3)CC2)CC1. The molecule has 3 saturated heterocycles. The van der Waals surface area contributed by atoms with E-state index in [2.05, 4.69) is 10.2 Å². The number of benzene rings is 2. The van der Waals surface area contributed by atoms with Crippen molar-refractivity contribution in [2.24, 2.45) is 11.8 Å². The summed E-state index contributed by atoms with van der Waals surface area (Å²) in [4.78, 5) is 59.9. The predicted octanol–water partition coefficient (Wildman–Crippen LogP) is 6.45. The highest BCUT2D eigenvalue weighted by Crippen LogP contribution is 2.39. The van der Waals surface area contributed by atoms with Gasteiger partial charge < -0.3 is 40.1 Å². The molecule has 12 nitrogen and oxygen atoms in total. The summed E-state index contributed by atoms with van der Waals surface area (Å²) < 4.78 is 52.6. The molecule has 0 aliphatic carbocycles. The van der Waals surface area contributed by atoms with Gasteiger partial charge in [0, 0.05) is 57.4 Å². The quantitative estimate of drug-likeness (QED) is 0.207. The van der Waals surface area contributed by atoms with Crippen LogP contribution in [0.4, 0.5) is 34.1 Å². The van der Waals surface area contributed by atoms with Crippen molar-refractivity contribution in [3.63, 3.8) is 0 Å². The first-order valence-electron chi connectivity index (χ1n) is 19.7. The fourth-order valence-corrected chi connectivity index (χ4v) is 8.88. The second-order valence-electron chi connectivity index (χ2n) is 15.3. The summed E-state index contributed by atoms with van der Waals surface area (Å²) in [6.07, 6.45) is -1.66. The number of piperidine rings is 3. The Labute approximate surface area is 330 Å². The van der Waals surface area contributed by atoms with Crippen LogP contribution in [0.25, 0.3) is 0 Å². The number of rotatable bonds is 10. The summed E-state index contributed by atoms with van der Waals surface area (Å²) in [5.41, 5.74) is 5.86. The maximum Gasteiger partial charge on any atom is 0.418 e. The van der Waals surface area contributed by atoms with Gasteiger partial charge in [0.1, 0.15) is 0 Å². The summed E-state index contributed by atoms with van der Waals surface area (Å²) in [7, 11) is 0. The van der Waals surface area contributed by atoms with Crippen molar-refractivity contribution in [2.45, 2.75) is 83.0 Å². The number of carbonyl (C=O) groups is 4. The van der Waals surface area contributed by atoms with Gasteiger partial charge in [-0.05, 0) is 106 Å². The smallest absolute Gasteiger partial charge is 0.418 e. The molecule has 0 aromatic heterocycles. The molecular formula is C40H52ClF3N6O6. The summed E-state index contributed by atoms with van der Waals surface area (Å²) >= 11 is 6.14. The Hall–Kier alpha value is -4.24. The highest BCUT2D eigenvalue weighted by molar-refractivity contribution is 6.33. The van der Waals surface area contributed by atoms with Crippen molar-refractivity contribution in [3.8, 4) is 0 Å². The number of fused-ring (bicyclic) bond motifs is 1. The number of alkyl halides is 3. The second kappa shape index (κ2) is 18.4. The number of para-hydroxylation sites is 1. The standard InChI is InChI=1S/C40H52ClF3N6O6/c1-2-55-35(51)14-17-47-15-7-27(8-16-47)28-9-18-48(19-10-28)37(52)34(25-26-23-31(40(42,43)44)36(45)32(41)24-26)56-39(54)49-20-12-30(13-21-49)50-22-11-29-5-3-4-6-33(29)46-38(50)53/h3-6,23-24,27-28,30,34H,2,7-22,25,45H2,1H3,(H,46,53)/t34-/m1/s1. The maximum atomic E-state index is 14.1. The summed E-state index contributed by atoms with van der Waals surface area (Å²) in [5.74, 6) is 0.226. The van der Waals surface area contributed by atoms with Crippen molar-refractivity contribution < 1.29 is 41.8 Å². The van der Waals surface area contributed by atoms with E-state index in [4.69, 9.17) is 26.8 Å². The number of urea groups is 1. The second-order valence-corrected chi connectivity index (χ2v) is 15.7. The van der Waals surface area contributed by atoms with Gasteiger partial charge in [0.15, 0.2) is 6.10 Å². The number of anilines is 2. The molecule has 4 amide bonds. The Bertz CT molecular complexity index is 1720. The fourth-order valence-electron chi connectivity index (χ4n) is 8.64. The molecule has 0 unspecified atom stereocenters. The van der Waals surface area contributed by atoms with Crippen LogP contribution >= 0.6 is 11.6 Å². The third-order valence-corrected chi connectivity index (χ3v) is 12.1. The van der Waals surface area contributed by atoms with Crippen LogP contribution in [0.15, 0.2) is 36.4 Å². The van der Waals surface area contributed by atoms with E-state index >= 15 is 0 Å². The number of nitrogens with two attached hydrogens (primary N) is 1. The maximum absolute atomic E-state index is 14.1. The first-order valence-corrected chi connectivity index (χ1v) is 20.1. The van der Waals surface area contributed by atoms with E-state index in [-0.39, 0.29) is 48.1 Å². The van der Waals surface area contributed by atoms with Crippen molar-refractivity contribution >= 4 is 47.0 Å². The third-order valence-electron chi connectivity index (χ3n) is 11.8. The number of hydrogen-bond donors (Lipinski definition) is 2. The topological polar surface area (TPSA) is 138 Å². The summed E-state index contributed by atoms with van der Waals surface area (Å²) in [5, 5.41) is 2.68. The minimum atomic E-state index is -4.78. The molecule has 0 bridgehead atoms. The van der Waals surface area contributed by atoms with E-state index < -0.39 is 35.5 Å². The molecule has 306 valence electrons. The molecule has 0 radical (unpaired) electrons. The molecule has 0 saturated carbocycles. The first-order chi connectivity index (χ1) is 26.8. The predicted molar refractivity (Wildman–Crippen MR) is 205 cm³/mol. The number of likely N-dealkylation sites (tertiary alicyclic amines) is 3. The number of nitrogen functional groups attached to an aromatic ring is 1. The zero-order valence-electron chi connectivity index (χ0n) is 31.8. The van der Waals surface area contributed by atoms with Crippen molar-refractivity contribution in [2.75, 3.05) is 70.0 Å². The van der Waals surface area contributed by atoms with Crippen LogP contribution in [0.5, 0.6) is 0 Å². The van der Waals surface area contributed by atoms with Gasteiger partial charge in [-0.2, -0.15) is 13.2 Å². The van der Waals surface area contributed by atoms with Gasteiger partial charge in [-0.3, -0.25) is 9.59 Å². The van der Waals surface area contributed by atoms with E-state index in [1.54, 1.807) is 16.7 Å². The lowest BCUT2D eigenvalue weighted by atomic mass is 9.78. The Morgan fingerprint density at radius 1 is 0.929 bits per heavy atom. The van der Waals surface area contributed by atoms with Crippen LogP contribution in [-0.2, 0) is 38.1 Å². The molecule has 4 aliphatic rings. The van der Waals surface area contributed by atoms with E-state index in [9.17, 15) is 32.3 Å². The van der Waals surface area contributed by atoms with Gasteiger partial charge in [-0.15, -0.1) is 0 Å². The van der Waals surface area contributed by atoms with E-state index in [0.717, 1.165) is 56.1 Å². The van der Waals surface area contributed by atoms with Gasteiger partial charge in [0.2, 0.25) is 0 Å². The van der Waals surface area contributed by atoms with E-state index in [1.165, 1.54) is 11.0 Å². The lowest BCUT2D eigenvalue weighted by Crippen LogP contribution is -2.52. The lowest BCUT2D eigenvalue weighted by Gasteiger charge is -2.41. The van der Waals surface area contributed by atoms with Crippen molar-refractivity contribution in [1.82, 2.24) is 19.6 Å². The molecule has 16 heteroatoms. The number of ether oxygens (including phenoxy) is 2. The first kappa shape index (κ1) is 41.4. The number of amides is 4. The molecular weight excluding hydrogens is 753 g/mol. The van der Waals surface area contributed by atoms with E-state index in [1.807, 2.05) is 24.3 Å². The van der Waals surface area contributed by atoms with Crippen LogP contribution in [-0.4, -0.2) is 115 Å². The molecule has 4 aliphatic heterocycles. The van der Waals surface area contributed by atoms with Crippen LogP contribution in [0.3, 0.4) is 0 Å². The molecule has 1 atom stereocenters. The lowest BCUT2D eigenvalue weighted by molar-refractivity contribution is -0.144. The zero-order valence-corrected chi connectivity index (χ0v) is 32.6. The molecule has 56 heavy (non-hydrogen) atoms. The molecule has 4 heterocycles. The average Bonchev–Trinajstić information content (AvgIpc) is 3.35. The van der Waals surface area contributed by atoms with Crippen LogP contribution in [0.2, 0.25) is 5.02 Å². The molecule has 0 spiro atoms. The Morgan fingerprint density at radius 2 is 1.57 bits per heavy atom. The summed E-state index contributed by atoms with van der Waals surface area (Å²) in [6, 6.07) is 9.51. The van der Waals surface area contributed by atoms with Crippen LogP contribution in [0, 0.1) is 11.8 Å². The highest BCUT2D eigenvalue weighted by Gasteiger charge is 2.39.